The highest BCUT2D eigenvalue weighted by atomic mass is 16.5. The number of hydrogen-bond donors (Lipinski definition) is 1. The molecule has 0 aromatic heterocycles. The van der Waals surface area contributed by atoms with Crippen molar-refractivity contribution in [3.63, 3.8) is 0 Å². The van der Waals surface area contributed by atoms with Crippen molar-refractivity contribution in [3.05, 3.63) is 65.2 Å². The van der Waals surface area contributed by atoms with Crippen molar-refractivity contribution in [2.45, 2.75) is 25.0 Å². The Kier molecular flexibility index (Phi) is 4.98. The van der Waals surface area contributed by atoms with Gasteiger partial charge in [0.05, 0.1) is 0 Å². The van der Waals surface area contributed by atoms with Gasteiger partial charge >= 0.3 is 0 Å². The molecule has 0 unspecified atom stereocenters. The van der Waals surface area contributed by atoms with Crippen LogP contribution in [0, 0.1) is 0 Å². The number of aliphatic hydroxyl groups is 1. The van der Waals surface area contributed by atoms with Gasteiger partial charge in [-0.25, -0.2) is 0 Å². The lowest BCUT2D eigenvalue weighted by Crippen LogP contribution is -2.45. The van der Waals surface area contributed by atoms with Crippen LogP contribution in [-0.2, 0) is 12.2 Å². The molecule has 26 heavy (non-hydrogen) atoms. The lowest BCUT2D eigenvalue weighted by atomic mass is 9.80. The number of piperazine rings is 1. The van der Waals surface area contributed by atoms with E-state index in [-0.39, 0.29) is 0 Å². The minimum Gasteiger partial charge on any atom is -0.488 e. The molecule has 138 valence electrons. The van der Waals surface area contributed by atoms with Crippen LogP contribution in [0.5, 0.6) is 5.75 Å². The minimum absolute atomic E-state index is 0.508. The zero-order chi connectivity index (χ0) is 18.0. The summed E-state index contributed by atoms with van der Waals surface area (Å²) in [5.74, 6) is 0.797. The van der Waals surface area contributed by atoms with Gasteiger partial charge in [-0.3, -0.25) is 0 Å². The quantitative estimate of drug-likeness (QED) is 0.918. The Morgan fingerprint density at radius 2 is 1.65 bits per heavy atom. The van der Waals surface area contributed by atoms with E-state index in [4.69, 9.17) is 4.74 Å². The number of rotatable bonds is 4. The van der Waals surface area contributed by atoms with Crippen LogP contribution in [-0.4, -0.2) is 54.7 Å². The van der Waals surface area contributed by atoms with Gasteiger partial charge in [-0.15, -0.1) is 0 Å². The van der Waals surface area contributed by atoms with Crippen molar-refractivity contribution >= 4 is 0 Å². The minimum atomic E-state index is -0.990. The summed E-state index contributed by atoms with van der Waals surface area (Å²) in [6, 6.07) is 16.1. The summed E-state index contributed by atoms with van der Waals surface area (Å²) in [6.45, 7) is 6.03. The predicted octanol–water partition coefficient (Wildman–Crippen LogP) is 2.84. The van der Waals surface area contributed by atoms with Gasteiger partial charge in [-0.2, -0.15) is 0 Å². The van der Waals surface area contributed by atoms with E-state index in [2.05, 4.69) is 29.0 Å². The second kappa shape index (κ2) is 7.39. The fourth-order valence-electron chi connectivity index (χ4n) is 4.18. The fourth-order valence-corrected chi connectivity index (χ4v) is 4.18. The van der Waals surface area contributed by atoms with Gasteiger partial charge in [0.25, 0.3) is 0 Å². The van der Waals surface area contributed by atoms with Gasteiger partial charge in [-0.05, 0) is 43.6 Å². The van der Waals surface area contributed by atoms with E-state index in [1.54, 1.807) is 0 Å². The van der Waals surface area contributed by atoms with E-state index in [0.717, 1.165) is 61.6 Å². The molecule has 2 aromatic rings. The van der Waals surface area contributed by atoms with Crippen LogP contribution >= 0.6 is 0 Å². The molecule has 0 saturated carbocycles. The van der Waals surface area contributed by atoms with Gasteiger partial charge in [0.1, 0.15) is 18.0 Å². The molecule has 4 rings (SSSR count). The van der Waals surface area contributed by atoms with E-state index in [1.807, 2.05) is 36.4 Å². The third-order valence-corrected chi connectivity index (χ3v) is 5.79. The second-order valence-electron chi connectivity index (χ2n) is 7.55. The largest absolute Gasteiger partial charge is 0.488 e. The van der Waals surface area contributed by atoms with E-state index in [0.29, 0.717) is 13.0 Å². The SMILES string of the molecule is CN1CCN(CCC[C@@]2(O)c3ccccc3COc3ccccc32)CC1. The van der Waals surface area contributed by atoms with Gasteiger partial charge in [-0.1, -0.05) is 42.5 Å². The lowest BCUT2D eigenvalue weighted by Gasteiger charge is -2.34. The number of fused-ring (bicyclic) bond motifs is 2. The number of nitrogens with zero attached hydrogens (tertiary/aromatic N) is 2. The Hall–Kier alpha value is -1.88. The third-order valence-electron chi connectivity index (χ3n) is 5.79. The van der Waals surface area contributed by atoms with Gasteiger partial charge < -0.3 is 19.6 Å². The normalized spacial score (nSPS) is 23.6. The fraction of sp³-hybridized carbons (Fsp3) is 0.455. The van der Waals surface area contributed by atoms with E-state index < -0.39 is 5.60 Å². The van der Waals surface area contributed by atoms with Crippen LogP contribution in [0.2, 0.25) is 0 Å². The first-order valence-corrected chi connectivity index (χ1v) is 9.61. The van der Waals surface area contributed by atoms with Crippen molar-refractivity contribution in [2.24, 2.45) is 0 Å². The highest BCUT2D eigenvalue weighted by Crippen LogP contribution is 2.43. The Balaban J connectivity index is 1.57. The van der Waals surface area contributed by atoms with Crippen molar-refractivity contribution in [1.29, 1.82) is 0 Å². The first-order valence-electron chi connectivity index (χ1n) is 9.61. The van der Waals surface area contributed by atoms with Crippen LogP contribution in [0.3, 0.4) is 0 Å². The van der Waals surface area contributed by atoms with Crippen molar-refractivity contribution in [1.82, 2.24) is 9.80 Å². The van der Waals surface area contributed by atoms with Crippen LogP contribution in [0.4, 0.5) is 0 Å². The van der Waals surface area contributed by atoms with Crippen molar-refractivity contribution in [2.75, 3.05) is 39.8 Å². The second-order valence-corrected chi connectivity index (χ2v) is 7.55. The van der Waals surface area contributed by atoms with Crippen LogP contribution in [0.1, 0.15) is 29.5 Å². The molecule has 1 atom stereocenters. The summed E-state index contributed by atoms with van der Waals surface area (Å²) in [7, 11) is 2.18. The molecular weight excluding hydrogens is 324 g/mol. The average molecular weight is 352 g/mol. The predicted molar refractivity (Wildman–Crippen MR) is 103 cm³/mol. The zero-order valence-electron chi connectivity index (χ0n) is 15.5. The Bertz CT molecular complexity index is 706. The maximum Gasteiger partial charge on any atom is 0.126 e. The Labute approximate surface area is 156 Å². The Morgan fingerprint density at radius 3 is 2.46 bits per heavy atom. The number of benzene rings is 2. The van der Waals surface area contributed by atoms with Crippen molar-refractivity contribution < 1.29 is 9.84 Å². The topological polar surface area (TPSA) is 35.9 Å². The van der Waals surface area contributed by atoms with Crippen LogP contribution < -0.4 is 4.74 Å². The molecule has 1 saturated heterocycles. The van der Waals surface area contributed by atoms with E-state index in [1.165, 1.54) is 0 Å². The third kappa shape index (κ3) is 3.37. The molecule has 0 bridgehead atoms. The molecule has 2 aliphatic heterocycles. The van der Waals surface area contributed by atoms with Gasteiger partial charge in [0.2, 0.25) is 0 Å². The monoisotopic (exact) mass is 352 g/mol. The number of ether oxygens (including phenoxy) is 1. The van der Waals surface area contributed by atoms with Crippen LogP contribution in [0.25, 0.3) is 0 Å². The molecule has 0 spiro atoms. The van der Waals surface area contributed by atoms with Gasteiger partial charge in [0.15, 0.2) is 0 Å². The summed E-state index contributed by atoms with van der Waals surface area (Å²) in [5.41, 5.74) is 1.97. The molecule has 2 aliphatic rings. The molecule has 2 aromatic carbocycles. The summed E-state index contributed by atoms with van der Waals surface area (Å²) in [5, 5.41) is 11.8. The molecule has 1 N–H and O–H groups in total. The molecule has 4 nitrogen and oxygen atoms in total. The molecule has 0 amide bonds. The molecular formula is C22H28N2O2. The first-order chi connectivity index (χ1) is 12.7. The highest BCUT2D eigenvalue weighted by Gasteiger charge is 2.37. The van der Waals surface area contributed by atoms with Gasteiger partial charge in [0, 0.05) is 31.7 Å². The standard InChI is InChI=1S/C22H28N2O2/c1-23-13-15-24(16-14-23)12-6-11-22(25)19-8-3-2-7-18(19)17-26-21-10-5-4-9-20(21)22/h2-5,7-10,25H,6,11-17H2,1H3/t22-/m1/s1. The lowest BCUT2D eigenvalue weighted by molar-refractivity contribution is 0.0611. The number of likely N-dealkylation sites (N-methyl/N-ethyl adjacent to an activating group) is 1. The molecule has 1 fully saturated rings. The molecule has 0 radical (unpaired) electrons. The zero-order valence-corrected chi connectivity index (χ0v) is 15.5. The first kappa shape index (κ1) is 17.5. The maximum absolute atomic E-state index is 11.8. The van der Waals surface area contributed by atoms with Crippen molar-refractivity contribution in [3.8, 4) is 5.75 Å². The molecule has 2 heterocycles. The van der Waals surface area contributed by atoms with E-state index in [9.17, 15) is 5.11 Å². The molecule has 4 heteroatoms. The smallest absolute Gasteiger partial charge is 0.126 e. The highest BCUT2D eigenvalue weighted by molar-refractivity contribution is 5.49. The van der Waals surface area contributed by atoms with E-state index >= 15 is 0 Å². The van der Waals surface area contributed by atoms with Crippen LogP contribution in [0.15, 0.2) is 48.5 Å². The summed E-state index contributed by atoms with van der Waals surface area (Å²) in [6.07, 6.45) is 1.67. The molecule has 0 aliphatic carbocycles. The summed E-state index contributed by atoms with van der Waals surface area (Å²) < 4.78 is 6.00. The average Bonchev–Trinajstić information content (AvgIpc) is 2.80. The summed E-state index contributed by atoms with van der Waals surface area (Å²) >= 11 is 0. The maximum atomic E-state index is 11.8. The number of hydrogen-bond acceptors (Lipinski definition) is 4. The number of para-hydroxylation sites is 1. The Morgan fingerprint density at radius 1 is 0.962 bits per heavy atom. The summed E-state index contributed by atoms with van der Waals surface area (Å²) in [4.78, 5) is 4.88.